The van der Waals surface area contributed by atoms with E-state index in [2.05, 4.69) is 4.98 Å². The molecule has 2 unspecified atom stereocenters. The van der Waals surface area contributed by atoms with Crippen molar-refractivity contribution in [3.63, 3.8) is 0 Å². The zero-order valence-electron chi connectivity index (χ0n) is 11.9. The topological polar surface area (TPSA) is 88.7 Å². The molecule has 0 spiro atoms. The lowest BCUT2D eigenvalue weighted by Crippen LogP contribution is -2.26. The van der Waals surface area contributed by atoms with E-state index in [9.17, 15) is 9.90 Å². The van der Waals surface area contributed by atoms with Crippen LogP contribution in [0.5, 0.6) is 0 Å². The Hall–Kier alpha value is -1.82. The van der Waals surface area contributed by atoms with Crippen molar-refractivity contribution in [2.24, 2.45) is 5.92 Å². The van der Waals surface area contributed by atoms with Crippen LogP contribution in [0.15, 0.2) is 12.3 Å². The van der Waals surface area contributed by atoms with Gasteiger partial charge in [-0.2, -0.15) is 0 Å². The molecular weight excluding hydrogens is 258 g/mol. The van der Waals surface area contributed by atoms with Crippen molar-refractivity contribution in [3.05, 3.63) is 17.8 Å². The van der Waals surface area contributed by atoms with Gasteiger partial charge in [0.2, 0.25) is 0 Å². The fourth-order valence-corrected chi connectivity index (χ4v) is 2.46. The summed E-state index contributed by atoms with van der Waals surface area (Å²) in [6.07, 6.45) is 2.06. The second kappa shape index (κ2) is 6.09. The predicted molar refractivity (Wildman–Crippen MR) is 76.6 cm³/mol. The van der Waals surface area contributed by atoms with Gasteiger partial charge >= 0.3 is 5.97 Å². The molecule has 0 aromatic carbocycles. The summed E-state index contributed by atoms with van der Waals surface area (Å²) in [5.74, 6) is 0.369. The number of nitrogen functional groups attached to an aromatic ring is 1. The maximum Gasteiger partial charge on any atom is 0.341 e. The van der Waals surface area contributed by atoms with Gasteiger partial charge in [-0.3, -0.25) is 0 Å². The van der Waals surface area contributed by atoms with Gasteiger partial charge in [-0.25, -0.2) is 9.78 Å². The van der Waals surface area contributed by atoms with Gasteiger partial charge in [0.25, 0.3) is 0 Å². The lowest BCUT2D eigenvalue weighted by Gasteiger charge is -2.21. The molecule has 2 heterocycles. The average Bonchev–Trinajstić information content (AvgIpc) is 2.88. The molecule has 0 bridgehead atoms. The molecule has 1 aliphatic heterocycles. The molecule has 20 heavy (non-hydrogen) atoms. The van der Waals surface area contributed by atoms with Crippen molar-refractivity contribution in [2.75, 3.05) is 30.3 Å². The number of esters is 1. The van der Waals surface area contributed by atoms with Crippen LogP contribution in [0.3, 0.4) is 0 Å². The highest BCUT2D eigenvalue weighted by Gasteiger charge is 2.29. The molecule has 6 heteroatoms. The van der Waals surface area contributed by atoms with Gasteiger partial charge in [0, 0.05) is 19.0 Å². The van der Waals surface area contributed by atoms with Gasteiger partial charge < -0.3 is 20.5 Å². The smallest absolute Gasteiger partial charge is 0.341 e. The minimum atomic E-state index is -0.414. The highest BCUT2D eigenvalue weighted by Crippen LogP contribution is 2.28. The number of nitrogens with two attached hydrogens (primary N) is 1. The Morgan fingerprint density at radius 3 is 3.05 bits per heavy atom. The molecule has 110 valence electrons. The van der Waals surface area contributed by atoms with E-state index in [1.807, 2.05) is 4.90 Å². The predicted octanol–water partition coefficient (Wildman–Crippen LogP) is 1.05. The quantitative estimate of drug-likeness (QED) is 0.801. The van der Waals surface area contributed by atoms with Crippen molar-refractivity contribution in [2.45, 2.75) is 26.4 Å². The standard InChI is InChI=1S/C14H21N3O3/c1-3-20-14(19)12-6-11(15)7-16-13(12)17-5-4-10(8-17)9(2)18/h6-7,9-10,18H,3-5,8,15H2,1-2H3. The molecule has 1 saturated heterocycles. The largest absolute Gasteiger partial charge is 0.462 e. The average molecular weight is 279 g/mol. The third-order valence-electron chi connectivity index (χ3n) is 3.59. The van der Waals surface area contributed by atoms with Crippen LogP contribution in [0.4, 0.5) is 11.5 Å². The number of aromatic nitrogens is 1. The summed E-state index contributed by atoms with van der Waals surface area (Å²) in [6, 6.07) is 1.59. The monoisotopic (exact) mass is 279 g/mol. The van der Waals surface area contributed by atoms with Crippen LogP contribution in [0, 0.1) is 5.92 Å². The third kappa shape index (κ3) is 3.01. The van der Waals surface area contributed by atoms with Gasteiger partial charge in [0.1, 0.15) is 11.4 Å². The first-order valence-corrected chi connectivity index (χ1v) is 6.88. The minimum absolute atomic E-state index is 0.199. The van der Waals surface area contributed by atoms with E-state index in [0.717, 1.165) is 13.0 Å². The van der Waals surface area contributed by atoms with Crippen molar-refractivity contribution in [3.8, 4) is 0 Å². The molecule has 1 aromatic rings. The molecule has 1 aliphatic rings. The molecular formula is C14H21N3O3. The third-order valence-corrected chi connectivity index (χ3v) is 3.59. The van der Waals surface area contributed by atoms with Crippen LogP contribution in [0.2, 0.25) is 0 Å². The number of hydrogen-bond donors (Lipinski definition) is 2. The van der Waals surface area contributed by atoms with Gasteiger partial charge in [-0.05, 0) is 26.3 Å². The van der Waals surface area contributed by atoms with E-state index >= 15 is 0 Å². The van der Waals surface area contributed by atoms with Crippen molar-refractivity contribution in [1.82, 2.24) is 4.98 Å². The van der Waals surface area contributed by atoms with E-state index in [4.69, 9.17) is 10.5 Å². The van der Waals surface area contributed by atoms with Gasteiger partial charge in [0.15, 0.2) is 0 Å². The number of rotatable bonds is 4. The molecule has 0 aliphatic carbocycles. The molecule has 0 radical (unpaired) electrons. The zero-order chi connectivity index (χ0) is 14.7. The molecule has 1 aromatic heterocycles. The molecule has 0 saturated carbocycles. The molecule has 0 amide bonds. The van der Waals surface area contributed by atoms with Crippen LogP contribution in [0.1, 0.15) is 30.6 Å². The Kier molecular flexibility index (Phi) is 4.44. The summed E-state index contributed by atoms with van der Waals surface area (Å²) < 4.78 is 5.05. The molecule has 3 N–H and O–H groups in total. The zero-order valence-corrected chi connectivity index (χ0v) is 11.9. The highest BCUT2D eigenvalue weighted by molar-refractivity contribution is 5.95. The molecule has 1 fully saturated rings. The molecule has 6 nitrogen and oxygen atoms in total. The number of carbonyl (C=O) groups is 1. The minimum Gasteiger partial charge on any atom is -0.462 e. The van der Waals surface area contributed by atoms with Gasteiger partial charge in [0.05, 0.1) is 24.6 Å². The van der Waals surface area contributed by atoms with Crippen LogP contribution in [0.25, 0.3) is 0 Å². The summed E-state index contributed by atoms with van der Waals surface area (Å²) in [7, 11) is 0. The number of nitrogens with zero attached hydrogens (tertiary/aromatic N) is 2. The fourth-order valence-electron chi connectivity index (χ4n) is 2.46. The molecule has 2 rings (SSSR count). The van der Waals surface area contributed by atoms with Crippen LogP contribution in [-0.4, -0.2) is 41.9 Å². The first kappa shape index (κ1) is 14.6. The summed E-state index contributed by atoms with van der Waals surface area (Å²) in [6.45, 7) is 5.30. The Labute approximate surface area is 118 Å². The number of carbonyl (C=O) groups excluding carboxylic acids is 1. The summed E-state index contributed by atoms with van der Waals surface area (Å²) in [5.41, 5.74) is 6.53. The van der Waals surface area contributed by atoms with E-state index in [-0.39, 0.29) is 12.0 Å². The second-order valence-electron chi connectivity index (χ2n) is 5.10. The Morgan fingerprint density at radius 1 is 1.70 bits per heavy atom. The number of hydrogen-bond acceptors (Lipinski definition) is 6. The Bertz CT molecular complexity index is 491. The van der Waals surface area contributed by atoms with Gasteiger partial charge in [-0.15, -0.1) is 0 Å². The second-order valence-corrected chi connectivity index (χ2v) is 5.10. The maximum absolute atomic E-state index is 12.0. The maximum atomic E-state index is 12.0. The van der Waals surface area contributed by atoms with Crippen molar-refractivity contribution in [1.29, 1.82) is 0 Å². The van der Waals surface area contributed by atoms with Crippen LogP contribution in [-0.2, 0) is 4.74 Å². The van der Waals surface area contributed by atoms with Crippen molar-refractivity contribution >= 4 is 17.5 Å². The van der Waals surface area contributed by atoms with E-state index in [0.29, 0.717) is 30.2 Å². The van der Waals surface area contributed by atoms with Crippen LogP contribution >= 0.6 is 0 Å². The lowest BCUT2D eigenvalue weighted by molar-refractivity contribution is 0.0526. The van der Waals surface area contributed by atoms with Crippen molar-refractivity contribution < 1.29 is 14.6 Å². The molecule has 2 atom stereocenters. The van der Waals surface area contributed by atoms with E-state index in [1.165, 1.54) is 6.20 Å². The lowest BCUT2D eigenvalue weighted by atomic mass is 10.0. The number of pyridine rings is 1. The normalized spacial score (nSPS) is 19.9. The number of aliphatic hydroxyl groups excluding tert-OH is 1. The first-order valence-electron chi connectivity index (χ1n) is 6.88. The fraction of sp³-hybridized carbons (Fsp3) is 0.571. The summed E-state index contributed by atoms with van der Waals surface area (Å²) >= 11 is 0. The number of aliphatic hydroxyl groups is 1. The first-order chi connectivity index (χ1) is 9.52. The summed E-state index contributed by atoms with van der Waals surface area (Å²) in [4.78, 5) is 18.3. The van der Waals surface area contributed by atoms with E-state index in [1.54, 1.807) is 19.9 Å². The number of anilines is 2. The van der Waals surface area contributed by atoms with E-state index < -0.39 is 5.97 Å². The Balaban J connectivity index is 2.25. The highest BCUT2D eigenvalue weighted by atomic mass is 16.5. The SMILES string of the molecule is CCOC(=O)c1cc(N)cnc1N1CCC(C(C)O)C1. The Morgan fingerprint density at radius 2 is 2.45 bits per heavy atom. The van der Waals surface area contributed by atoms with Gasteiger partial charge in [-0.1, -0.05) is 0 Å². The number of ether oxygens (including phenoxy) is 1. The summed E-state index contributed by atoms with van der Waals surface area (Å²) in [5, 5.41) is 9.66. The van der Waals surface area contributed by atoms with Crippen LogP contribution < -0.4 is 10.6 Å².